The number of halogens is 6. The Morgan fingerprint density at radius 1 is 0.686 bits per heavy atom. The Hall–Kier alpha value is -2.76. The van der Waals surface area contributed by atoms with Crippen LogP contribution < -0.4 is 0 Å². The van der Waals surface area contributed by atoms with Crippen LogP contribution in [0.1, 0.15) is 68.1 Å². The Morgan fingerprint density at radius 3 is 2.00 bits per heavy atom. The van der Waals surface area contributed by atoms with Crippen LogP contribution in [-0.2, 0) is 12.8 Å². The SMILES string of the molecule is CCCc1ccc(-c2ccc(C3CCC(CCc4cc(F)c(F)c(F)c4)CC3)c(F)c2)c(F)c1F. The molecule has 0 aromatic heterocycles. The minimum absolute atomic E-state index is 0.0227. The molecule has 0 atom stereocenters. The average molecular weight is 491 g/mol. The maximum Gasteiger partial charge on any atom is 0.194 e. The quantitative estimate of drug-likeness (QED) is 0.229. The molecule has 1 aliphatic rings. The van der Waals surface area contributed by atoms with Gasteiger partial charge >= 0.3 is 0 Å². The van der Waals surface area contributed by atoms with Crippen molar-refractivity contribution in [1.82, 2.24) is 0 Å². The van der Waals surface area contributed by atoms with Crippen LogP contribution in [0, 0.1) is 40.8 Å². The van der Waals surface area contributed by atoms with E-state index in [0.717, 1.165) is 44.2 Å². The van der Waals surface area contributed by atoms with Gasteiger partial charge in [0, 0.05) is 5.56 Å². The van der Waals surface area contributed by atoms with E-state index >= 15 is 4.39 Å². The summed E-state index contributed by atoms with van der Waals surface area (Å²) < 4.78 is 83.9. The summed E-state index contributed by atoms with van der Waals surface area (Å²) in [5, 5.41) is 0. The second-order valence-electron chi connectivity index (χ2n) is 9.52. The third kappa shape index (κ3) is 5.57. The van der Waals surface area contributed by atoms with E-state index in [2.05, 4.69) is 0 Å². The highest BCUT2D eigenvalue weighted by Crippen LogP contribution is 2.39. The monoisotopic (exact) mass is 490 g/mol. The van der Waals surface area contributed by atoms with E-state index in [1.807, 2.05) is 6.92 Å². The lowest BCUT2D eigenvalue weighted by atomic mass is 9.76. The molecule has 1 saturated carbocycles. The Kier molecular flexibility index (Phi) is 7.88. The largest absolute Gasteiger partial charge is 0.207 e. The van der Waals surface area contributed by atoms with Crippen LogP contribution in [0.25, 0.3) is 11.1 Å². The van der Waals surface area contributed by atoms with Crippen LogP contribution in [-0.4, -0.2) is 0 Å². The van der Waals surface area contributed by atoms with Crippen LogP contribution in [0.4, 0.5) is 26.3 Å². The second kappa shape index (κ2) is 10.9. The fourth-order valence-corrected chi connectivity index (χ4v) is 5.19. The molecule has 3 aromatic carbocycles. The van der Waals surface area contributed by atoms with E-state index in [4.69, 9.17) is 0 Å². The summed E-state index contributed by atoms with van der Waals surface area (Å²) in [4.78, 5) is 0. The van der Waals surface area contributed by atoms with Crippen molar-refractivity contribution >= 4 is 0 Å². The summed E-state index contributed by atoms with van der Waals surface area (Å²) in [6, 6.07) is 9.70. The Bertz CT molecular complexity index is 1170. The summed E-state index contributed by atoms with van der Waals surface area (Å²) in [6.45, 7) is 1.89. The van der Waals surface area contributed by atoms with Crippen molar-refractivity contribution in [1.29, 1.82) is 0 Å². The van der Waals surface area contributed by atoms with Crippen molar-refractivity contribution in [2.75, 3.05) is 0 Å². The first kappa shape index (κ1) is 25.3. The van der Waals surface area contributed by atoms with Crippen molar-refractivity contribution in [3.8, 4) is 11.1 Å². The number of hydrogen-bond acceptors (Lipinski definition) is 0. The summed E-state index contributed by atoms with van der Waals surface area (Å²) in [5.74, 6) is -5.71. The van der Waals surface area contributed by atoms with E-state index in [-0.39, 0.29) is 11.5 Å². The van der Waals surface area contributed by atoms with Crippen molar-refractivity contribution < 1.29 is 26.3 Å². The van der Waals surface area contributed by atoms with Crippen LogP contribution in [0.15, 0.2) is 42.5 Å². The predicted octanol–water partition coefficient (Wildman–Crippen LogP) is 9.05. The first-order valence-corrected chi connectivity index (χ1v) is 12.2. The number of rotatable bonds is 7. The first-order chi connectivity index (χ1) is 16.8. The second-order valence-corrected chi connectivity index (χ2v) is 9.52. The van der Waals surface area contributed by atoms with Gasteiger partial charge in [-0.05, 0) is 97.2 Å². The Labute approximate surface area is 202 Å². The third-order valence-corrected chi connectivity index (χ3v) is 7.16. The van der Waals surface area contributed by atoms with Gasteiger partial charge in [0.05, 0.1) is 0 Å². The molecule has 35 heavy (non-hydrogen) atoms. The molecule has 0 bridgehead atoms. The molecule has 0 radical (unpaired) electrons. The third-order valence-electron chi connectivity index (χ3n) is 7.16. The lowest BCUT2D eigenvalue weighted by Gasteiger charge is -2.29. The van der Waals surface area contributed by atoms with Gasteiger partial charge in [0.2, 0.25) is 0 Å². The van der Waals surface area contributed by atoms with E-state index in [9.17, 15) is 22.0 Å². The molecular weight excluding hydrogens is 462 g/mol. The van der Waals surface area contributed by atoms with E-state index in [0.29, 0.717) is 47.4 Å². The molecule has 0 amide bonds. The highest BCUT2D eigenvalue weighted by molar-refractivity contribution is 5.65. The van der Waals surface area contributed by atoms with Crippen LogP contribution in [0.5, 0.6) is 0 Å². The predicted molar refractivity (Wildman–Crippen MR) is 125 cm³/mol. The minimum atomic E-state index is -1.45. The minimum Gasteiger partial charge on any atom is -0.207 e. The topological polar surface area (TPSA) is 0 Å². The zero-order chi connectivity index (χ0) is 25.1. The lowest BCUT2D eigenvalue weighted by Crippen LogP contribution is -2.15. The lowest BCUT2D eigenvalue weighted by molar-refractivity contribution is 0.306. The van der Waals surface area contributed by atoms with Gasteiger partial charge in [-0.2, -0.15) is 0 Å². The van der Waals surface area contributed by atoms with E-state index in [1.54, 1.807) is 18.2 Å². The highest BCUT2D eigenvalue weighted by atomic mass is 19.2. The highest BCUT2D eigenvalue weighted by Gasteiger charge is 2.25. The summed E-state index contributed by atoms with van der Waals surface area (Å²) in [5.41, 5.74) is 1.66. The van der Waals surface area contributed by atoms with Gasteiger partial charge < -0.3 is 0 Å². The standard InChI is InChI=1S/C29H28F6/c1-2-3-20-10-13-23(28(34)27(20)33)21-11-12-22(24(30)16-21)19-8-6-17(7-9-19)4-5-18-14-25(31)29(35)26(32)15-18/h10-17,19H,2-9H2,1H3. The fourth-order valence-electron chi connectivity index (χ4n) is 5.19. The molecule has 1 aliphatic carbocycles. The normalized spacial score (nSPS) is 18.1. The van der Waals surface area contributed by atoms with Crippen LogP contribution >= 0.6 is 0 Å². The van der Waals surface area contributed by atoms with Crippen LogP contribution in [0.3, 0.4) is 0 Å². The molecule has 186 valence electrons. The average Bonchev–Trinajstić information content (AvgIpc) is 2.84. The molecule has 0 aliphatic heterocycles. The zero-order valence-corrected chi connectivity index (χ0v) is 19.6. The van der Waals surface area contributed by atoms with Crippen LogP contribution in [0.2, 0.25) is 0 Å². The van der Waals surface area contributed by atoms with Gasteiger partial charge in [0.25, 0.3) is 0 Å². The molecule has 0 saturated heterocycles. The Balaban J connectivity index is 1.39. The van der Waals surface area contributed by atoms with Gasteiger partial charge in [-0.25, -0.2) is 26.3 Å². The summed E-state index contributed by atoms with van der Waals surface area (Å²) >= 11 is 0. The summed E-state index contributed by atoms with van der Waals surface area (Å²) in [6.07, 6.45) is 5.53. The number of aryl methyl sites for hydroxylation is 2. The molecule has 0 nitrogen and oxygen atoms in total. The molecule has 3 aromatic rings. The van der Waals surface area contributed by atoms with Gasteiger partial charge in [0.1, 0.15) is 5.82 Å². The molecule has 1 fully saturated rings. The molecule has 4 rings (SSSR count). The number of hydrogen-bond donors (Lipinski definition) is 0. The number of benzene rings is 3. The molecule has 0 N–H and O–H groups in total. The molecule has 0 unspecified atom stereocenters. The van der Waals surface area contributed by atoms with Crippen molar-refractivity contribution in [2.24, 2.45) is 5.92 Å². The van der Waals surface area contributed by atoms with Gasteiger partial charge in [-0.3, -0.25) is 0 Å². The first-order valence-electron chi connectivity index (χ1n) is 12.2. The van der Waals surface area contributed by atoms with Crippen molar-refractivity contribution in [2.45, 2.75) is 64.2 Å². The maximum absolute atomic E-state index is 15.0. The zero-order valence-electron chi connectivity index (χ0n) is 19.6. The fraction of sp³-hybridized carbons (Fsp3) is 0.379. The van der Waals surface area contributed by atoms with Gasteiger partial charge in [-0.1, -0.05) is 37.6 Å². The van der Waals surface area contributed by atoms with Crippen molar-refractivity contribution in [3.05, 3.63) is 94.1 Å². The van der Waals surface area contributed by atoms with Crippen molar-refractivity contribution in [3.63, 3.8) is 0 Å². The van der Waals surface area contributed by atoms with Gasteiger partial charge in [0.15, 0.2) is 29.1 Å². The summed E-state index contributed by atoms with van der Waals surface area (Å²) in [7, 11) is 0. The Morgan fingerprint density at radius 2 is 1.37 bits per heavy atom. The van der Waals surface area contributed by atoms with E-state index in [1.165, 1.54) is 12.1 Å². The molecule has 6 heteroatoms. The van der Waals surface area contributed by atoms with E-state index < -0.39 is 34.9 Å². The molecule has 0 heterocycles. The molecular formula is C29H28F6. The van der Waals surface area contributed by atoms with Gasteiger partial charge in [-0.15, -0.1) is 0 Å². The maximum atomic E-state index is 15.0. The molecule has 0 spiro atoms. The smallest absolute Gasteiger partial charge is 0.194 e.